The molecule has 0 fully saturated rings. The minimum absolute atomic E-state index is 0.0704. The number of carbonyl (C=O) groups excluding carboxylic acids is 1. The fourth-order valence-corrected chi connectivity index (χ4v) is 2.79. The van der Waals surface area contributed by atoms with Crippen molar-refractivity contribution >= 4 is 17.4 Å². The first-order valence-electron chi connectivity index (χ1n) is 8.94. The van der Waals surface area contributed by atoms with Crippen LogP contribution in [-0.2, 0) is 6.42 Å². The van der Waals surface area contributed by atoms with Crippen LogP contribution in [-0.4, -0.2) is 29.5 Å². The summed E-state index contributed by atoms with van der Waals surface area (Å²) in [5.74, 6) is -0.545. The van der Waals surface area contributed by atoms with E-state index in [0.717, 1.165) is 23.4 Å². The summed E-state index contributed by atoms with van der Waals surface area (Å²) in [7, 11) is 1.62. The van der Waals surface area contributed by atoms with Crippen LogP contribution in [0.5, 0.6) is 5.75 Å². The summed E-state index contributed by atoms with van der Waals surface area (Å²) >= 11 is 0. The number of methoxy groups -OCH3 is 1. The van der Waals surface area contributed by atoms with E-state index in [9.17, 15) is 13.6 Å². The molecule has 0 aliphatic rings. The van der Waals surface area contributed by atoms with E-state index < -0.39 is 17.5 Å². The molecule has 0 radical (unpaired) electrons. The molecule has 0 bridgehead atoms. The predicted molar refractivity (Wildman–Crippen MR) is 106 cm³/mol. The molecule has 6 nitrogen and oxygen atoms in total. The molecule has 0 atom stereocenters. The molecule has 150 valence electrons. The molecule has 0 spiro atoms. The first-order valence-corrected chi connectivity index (χ1v) is 8.94. The van der Waals surface area contributed by atoms with Gasteiger partial charge in [-0.3, -0.25) is 4.79 Å². The summed E-state index contributed by atoms with van der Waals surface area (Å²) in [6.07, 6.45) is 0.690. The van der Waals surface area contributed by atoms with Gasteiger partial charge in [0.1, 0.15) is 34.7 Å². The van der Waals surface area contributed by atoms with Crippen molar-refractivity contribution in [2.24, 2.45) is 0 Å². The Morgan fingerprint density at radius 3 is 2.66 bits per heavy atom. The number of rotatable bonds is 7. The average molecular weight is 398 g/mol. The number of hydrogen-bond acceptors (Lipinski definition) is 5. The maximum atomic E-state index is 13.8. The Morgan fingerprint density at radius 1 is 1.10 bits per heavy atom. The van der Waals surface area contributed by atoms with Crippen LogP contribution in [0.2, 0.25) is 0 Å². The Morgan fingerprint density at radius 2 is 1.90 bits per heavy atom. The molecule has 3 aromatic rings. The lowest BCUT2D eigenvalue weighted by molar-refractivity contribution is 0.102. The lowest BCUT2D eigenvalue weighted by Crippen LogP contribution is -2.17. The largest absolute Gasteiger partial charge is 0.496 e. The molecule has 0 saturated carbocycles. The Hall–Kier alpha value is -3.55. The van der Waals surface area contributed by atoms with Gasteiger partial charge in [0.2, 0.25) is 0 Å². The number of benzene rings is 2. The number of hydrogen-bond donors (Lipinski definition) is 2. The van der Waals surface area contributed by atoms with Crippen molar-refractivity contribution < 1.29 is 18.3 Å². The second kappa shape index (κ2) is 9.09. The van der Waals surface area contributed by atoms with Crippen molar-refractivity contribution in [1.82, 2.24) is 9.97 Å². The number of nitrogens with zero attached hydrogens (tertiary/aromatic N) is 2. The van der Waals surface area contributed by atoms with Crippen LogP contribution in [0.1, 0.15) is 21.9 Å². The number of carbonyl (C=O) groups is 1. The number of ether oxygens (including phenoxy) is 1. The first kappa shape index (κ1) is 20.2. The van der Waals surface area contributed by atoms with Crippen LogP contribution in [0.25, 0.3) is 0 Å². The van der Waals surface area contributed by atoms with Crippen molar-refractivity contribution in [1.29, 1.82) is 0 Å². The van der Waals surface area contributed by atoms with Crippen molar-refractivity contribution in [3.8, 4) is 5.75 Å². The predicted octanol–water partition coefficient (Wildman–Crippen LogP) is 3.98. The van der Waals surface area contributed by atoms with Gasteiger partial charge < -0.3 is 15.4 Å². The van der Waals surface area contributed by atoms with E-state index in [0.29, 0.717) is 30.7 Å². The zero-order chi connectivity index (χ0) is 20.8. The smallest absolute Gasteiger partial charge is 0.274 e. The van der Waals surface area contributed by atoms with Crippen LogP contribution < -0.4 is 15.4 Å². The van der Waals surface area contributed by atoms with E-state index in [4.69, 9.17) is 4.74 Å². The van der Waals surface area contributed by atoms with Crippen LogP contribution >= 0.6 is 0 Å². The molecular weight excluding hydrogens is 378 g/mol. The fraction of sp³-hybridized carbons (Fsp3) is 0.190. The lowest BCUT2D eigenvalue weighted by Gasteiger charge is -2.11. The van der Waals surface area contributed by atoms with Gasteiger partial charge in [-0.05, 0) is 37.1 Å². The number of aromatic nitrogens is 2. The second-order valence-electron chi connectivity index (χ2n) is 6.25. The third-order valence-corrected chi connectivity index (χ3v) is 4.14. The van der Waals surface area contributed by atoms with Crippen LogP contribution in [0.3, 0.4) is 0 Å². The number of amides is 1. The van der Waals surface area contributed by atoms with E-state index in [-0.39, 0.29) is 11.4 Å². The van der Waals surface area contributed by atoms with E-state index in [1.54, 1.807) is 14.0 Å². The van der Waals surface area contributed by atoms with Crippen molar-refractivity contribution in [3.05, 3.63) is 77.2 Å². The molecule has 0 aliphatic heterocycles. The van der Waals surface area contributed by atoms with Gasteiger partial charge in [-0.2, -0.15) is 0 Å². The van der Waals surface area contributed by atoms with Crippen molar-refractivity contribution in [3.63, 3.8) is 0 Å². The lowest BCUT2D eigenvalue weighted by atomic mass is 10.1. The highest BCUT2D eigenvalue weighted by molar-refractivity contribution is 6.03. The summed E-state index contributed by atoms with van der Waals surface area (Å²) in [5.41, 5.74) is 0.984. The minimum Gasteiger partial charge on any atom is -0.496 e. The Bertz CT molecular complexity index is 1030. The Labute approximate surface area is 167 Å². The normalized spacial score (nSPS) is 10.5. The summed E-state index contributed by atoms with van der Waals surface area (Å²) < 4.78 is 32.1. The van der Waals surface area contributed by atoms with Crippen molar-refractivity contribution in [2.45, 2.75) is 13.3 Å². The summed E-state index contributed by atoms with van der Waals surface area (Å²) in [6, 6.07) is 12.1. The highest BCUT2D eigenvalue weighted by Crippen LogP contribution is 2.19. The Kier molecular flexibility index (Phi) is 6.33. The molecule has 0 unspecified atom stereocenters. The quantitative estimate of drug-likeness (QED) is 0.630. The van der Waals surface area contributed by atoms with E-state index in [2.05, 4.69) is 20.6 Å². The highest BCUT2D eigenvalue weighted by atomic mass is 19.1. The molecule has 29 heavy (non-hydrogen) atoms. The van der Waals surface area contributed by atoms with Crippen LogP contribution in [0.4, 0.5) is 20.3 Å². The summed E-state index contributed by atoms with van der Waals surface area (Å²) in [4.78, 5) is 20.8. The zero-order valence-electron chi connectivity index (χ0n) is 16.0. The first-order chi connectivity index (χ1) is 14.0. The minimum atomic E-state index is -0.862. The third kappa shape index (κ3) is 5.25. The van der Waals surface area contributed by atoms with E-state index in [1.807, 2.05) is 24.3 Å². The fourth-order valence-electron chi connectivity index (χ4n) is 2.79. The van der Waals surface area contributed by atoms with Crippen LogP contribution in [0.15, 0.2) is 48.5 Å². The molecule has 1 heterocycles. The van der Waals surface area contributed by atoms with Gasteiger partial charge in [0, 0.05) is 18.7 Å². The molecular formula is C21H20F2N4O2. The van der Waals surface area contributed by atoms with Crippen molar-refractivity contribution in [2.75, 3.05) is 24.3 Å². The molecule has 3 rings (SSSR count). The van der Waals surface area contributed by atoms with Crippen LogP contribution in [0, 0.1) is 18.6 Å². The molecule has 1 amide bonds. The highest BCUT2D eigenvalue weighted by Gasteiger charge is 2.13. The van der Waals surface area contributed by atoms with E-state index in [1.165, 1.54) is 6.07 Å². The molecule has 1 aromatic heterocycles. The Balaban J connectivity index is 1.68. The average Bonchev–Trinajstić information content (AvgIpc) is 2.70. The molecule has 8 heteroatoms. The van der Waals surface area contributed by atoms with Gasteiger partial charge in [-0.1, -0.05) is 18.2 Å². The SMILES string of the molecule is COc1ccccc1CCNc1cc(C(=O)Nc2ccc(F)cc2F)nc(C)n1. The number of para-hydroxylation sites is 1. The van der Waals surface area contributed by atoms with E-state index >= 15 is 0 Å². The zero-order valence-corrected chi connectivity index (χ0v) is 16.0. The van der Waals surface area contributed by atoms with Gasteiger partial charge in [0.15, 0.2) is 0 Å². The van der Waals surface area contributed by atoms with Gasteiger partial charge >= 0.3 is 0 Å². The molecule has 2 aromatic carbocycles. The van der Waals surface area contributed by atoms with Gasteiger partial charge in [0.25, 0.3) is 5.91 Å². The van der Waals surface area contributed by atoms with Gasteiger partial charge in [-0.15, -0.1) is 0 Å². The number of anilines is 2. The number of nitrogens with one attached hydrogen (secondary N) is 2. The standard InChI is InChI=1S/C21H20F2N4O2/c1-13-25-18(21(28)27-17-8-7-15(22)11-16(17)23)12-20(26-13)24-10-9-14-5-3-4-6-19(14)29-2/h3-8,11-12H,9-10H2,1-2H3,(H,27,28)(H,24,25,26). The van der Waals surface area contributed by atoms with Gasteiger partial charge in [-0.25, -0.2) is 18.7 Å². The second-order valence-corrected chi connectivity index (χ2v) is 6.25. The number of aryl methyl sites for hydroxylation is 1. The molecule has 0 aliphatic carbocycles. The third-order valence-electron chi connectivity index (χ3n) is 4.14. The number of halogens is 2. The molecule has 0 saturated heterocycles. The topological polar surface area (TPSA) is 76.1 Å². The van der Waals surface area contributed by atoms with Gasteiger partial charge in [0.05, 0.1) is 12.8 Å². The maximum Gasteiger partial charge on any atom is 0.274 e. The monoisotopic (exact) mass is 398 g/mol. The summed E-state index contributed by atoms with van der Waals surface area (Å²) in [6.45, 7) is 2.21. The summed E-state index contributed by atoms with van der Waals surface area (Å²) in [5, 5.41) is 5.54. The molecule has 2 N–H and O–H groups in total. The maximum absolute atomic E-state index is 13.8.